The quantitative estimate of drug-likeness (QED) is 0.850. The van der Waals surface area contributed by atoms with Gasteiger partial charge >= 0.3 is 0 Å². The minimum atomic E-state index is -0.329. The molecule has 5 heteroatoms. The van der Waals surface area contributed by atoms with Crippen LogP contribution in [0.1, 0.15) is 45.1 Å². The van der Waals surface area contributed by atoms with E-state index in [9.17, 15) is 4.79 Å². The van der Waals surface area contributed by atoms with Crippen LogP contribution in [0.15, 0.2) is 28.8 Å². The highest BCUT2D eigenvalue weighted by molar-refractivity contribution is 5.81. The molecule has 1 saturated heterocycles. The first-order valence-corrected chi connectivity index (χ1v) is 9.02. The normalized spacial score (nSPS) is 18.4. The van der Waals surface area contributed by atoms with Crippen molar-refractivity contribution in [3.63, 3.8) is 0 Å². The molecule has 1 aliphatic rings. The highest BCUT2D eigenvalue weighted by Gasteiger charge is 2.31. The molecule has 1 fully saturated rings. The number of piperidine rings is 1. The summed E-state index contributed by atoms with van der Waals surface area (Å²) in [7, 11) is 0. The van der Waals surface area contributed by atoms with Gasteiger partial charge in [-0.2, -0.15) is 4.98 Å². The van der Waals surface area contributed by atoms with Crippen LogP contribution in [-0.4, -0.2) is 34.0 Å². The van der Waals surface area contributed by atoms with Gasteiger partial charge in [-0.15, -0.1) is 0 Å². The first kappa shape index (κ1) is 17.6. The highest BCUT2D eigenvalue weighted by atomic mass is 16.5. The summed E-state index contributed by atoms with van der Waals surface area (Å²) in [5.74, 6) is 1.91. The lowest BCUT2D eigenvalue weighted by Gasteiger charge is -2.36. The van der Waals surface area contributed by atoms with E-state index in [1.807, 2.05) is 56.9 Å². The van der Waals surface area contributed by atoms with Crippen LogP contribution in [0.2, 0.25) is 0 Å². The minimum absolute atomic E-state index is 0.225. The van der Waals surface area contributed by atoms with Crippen LogP contribution in [0, 0.1) is 18.3 Å². The Bertz CT molecular complexity index is 745. The van der Waals surface area contributed by atoms with Crippen LogP contribution >= 0.6 is 0 Å². The van der Waals surface area contributed by atoms with Crippen molar-refractivity contribution >= 4 is 5.91 Å². The standard InChI is InChI=1S/C20H27N3O2/c1-14-8-5-6-10-16(14)18-21-17(25-22-18)12-15-9-7-11-23(13-15)19(24)20(2,3)4/h5-6,8,10,15H,7,9,11-13H2,1-4H3. The van der Waals surface area contributed by atoms with Crippen molar-refractivity contribution in [3.8, 4) is 11.4 Å². The predicted octanol–water partition coefficient (Wildman–Crippen LogP) is 3.87. The molecule has 5 nitrogen and oxygen atoms in total. The molecule has 0 N–H and O–H groups in total. The van der Waals surface area contributed by atoms with Crippen molar-refractivity contribution < 1.29 is 9.32 Å². The Hall–Kier alpha value is -2.17. The third-order valence-corrected chi connectivity index (χ3v) is 4.77. The summed E-state index contributed by atoms with van der Waals surface area (Å²) in [6.07, 6.45) is 2.86. The summed E-state index contributed by atoms with van der Waals surface area (Å²) in [5.41, 5.74) is 1.81. The summed E-state index contributed by atoms with van der Waals surface area (Å²) in [4.78, 5) is 19.1. The average molecular weight is 341 g/mol. The van der Waals surface area contributed by atoms with Gasteiger partial charge in [0.25, 0.3) is 0 Å². The van der Waals surface area contributed by atoms with E-state index in [0.717, 1.165) is 43.5 Å². The van der Waals surface area contributed by atoms with Gasteiger partial charge in [0.05, 0.1) is 0 Å². The fourth-order valence-electron chi connectivity index (χ4n) is 3.41. The van der Waals surface area contributed by atoms with Gasteiger partial charge in [-0.05, 0) is 31.2 Å². The van der Waals surface area contributed by atoms with Gasteiger partial charge in [0, 0.05) is 30.5 Å². The van der Waals surface area contributed by atoms with E-state index >= 15 is 0 Å². The largest absolute Gasteiger partial charge is 0.342 e. The Kier molecular flexibility index (Phi) is 4.93. The summed E-state index contributed by atoms with van der Waals surface area (Å²) < 4.78 is 5.48. The van der Waals surface area contributed by atoms with E-state index in [1.165, 1.54) is 0 Å². The van der Waals surface area contributed by atoms with Crippen molar-refractivity contribution in [3.05, 3.63) is 35.7 Å². The topological polar surface area (TPSA) is 59.2 Å². The Morgan fingerprint density at radius 3 is 2.80 bits per heavy atom. The molecule has 0 aliphatic carbocycles. The summed E-state index contributed by atoms with van der Waals surface area (Å²) in [6, 6.07) is 8.04. The second-order valence-electron chi connectivity index (χ2n) is 8.04. The van der Waals surface area contributed by atoms with E-state index in [-0.39, 0.29) is 11.3 Å². The number of aryl methyl sites for hydroxylation is 1. The van der Waals surface area contributed by atoms with Crippen LogP contribution in [-0.2, 0) is 11.2 Å². The number of rotatable bonds is 3. The first-order chi connectivity index (χ1) is 11.8. The molecule has 1 aromatic carbocycles. The molecule has 2 heterocycles. The van der Waals surface area contributed by atoms with Crippen LogP contribution < -0.4 is 0 Å². The van der Waals surface area contributed by atoms with Gasteiger partial charge in [-0.3, -0.25) is 4.79 Å². The molecule has 1 atom stereocenters. The van der Waals surface area contributed by atoms with Gasteiger partial charge in [0.1, 0.15) is 0 Å². The Morgan fingerprint density at radius 1 is 1.32 bits per heavy atom. The molecule has 1 unspecified atom stereocenters. The smallest absolute Gasteiger partial charge is 0.227 e. The van der Waals surface area contributed by atoms with Crippen LogP contribution in [0.3, 0.4) is 0 Å². The SMILES string of the molecule is Cc1ccccc1-c1noc(CC2CCCN(C(=O)C(C)(C)C)C2)n1. The van der Waals surface area contributed by atoms with Gasteiger partial charge in [-0.25, -0.2) is 0 Å². The Labute approximate surface area is 149 Å². The molecular weight excluding hydrogens is 314 g/mol. The predicted molar refractivity (Wildman–Crippen MR) is 96.9 cm³/mol. The van der Waals surface area contributed by atoms with Crippen LogP contribution in [0.5, 0.6) is 0 Å². The maximum Gasteiger partial charge on any atom is 0.227 e. The zero-order valence-corrected chi connectivity index (χ0v) is 15.6. The zero-order valence-electron chi connectivity index (χ0n) is 15.6. The van der Waals surface area contributed by atoms with Gasteiger partial charge < -0.3 is 9.42 Å². The monoisotopic (exact) mass is 341 g/mol. The second kappa shape index (κ2) is 6.98. The molecule has 0 spiro atoms. The lowest BCUT2D eigenvalue weighted by Crippen LogP contribution is -2.45. The number of likely N-dealkylation sites (tertiary alicyclic amines) is 1. The van der Waals surface area contributed by atoms with Crippen molar-refractivity contribution in [1.29, 1.82) is 0 Å². The lowest BCUT2D eigenvalue weighted by atomic mass is 9.90. The number of carbonyl (C=O) groups is 1. The molecule has 25 heavy (non-hydrogen) atoms. The summed E-state index contributed by atoms with van der Waals surface area (Å²) in [5, 5.41) is 4.14. The molecule has 0 radical (unpaired) electrons. The maximum atomic E-state index is 12.5. The lowest BCUT2D eigenvalue weighted by molar-refractivity contribution is -0.141. The number of benzene rings is 1. The van der Waals surface area contributed by atoms with Crippen molar-refractivity contribution in [1.82, 2.24) is 15.0 Å². The number of carbonyl (C=O) groups excluding carboxylic acids is 1. The van der Waals surface area contributed by atoms with E-state index < -0.39 is 0 Å². The summed E-state index contributed by atoms with van der Waals surface area (Å²) >= 11 is 0. The van der Waals surface area contributed by atoms with Crippen molar-refractivity contribution in [2.45, 2.75) is 47.0 Å². The van der Waals surface area contributed by atoms with E-state index in [1.54, 1.807) is 0 Å². The Balaban J connectivity index is 1.67. The second-order valence-corrected chi connectivity index (χ2v) is 8.04. The molecule has 0 saturated carbocycles. The molecule has 3 rings (SSSR count). The van der Waals surface area contributed by atoms with Crippen LogP contribution in [0.25, 0.3) is 11.4 Å². The summed E-state index contributed by atoms with van der Waals surface area (Å²) in [6.45, 7) is 9.60. The number of nitrogens with zero attached hydrogens (tertiary/aromatic N) is 3. The molecule has 134 valence electrons. The first-order valence-electron chi connectivity index (χ1n) is 9.02. The van der Waals surface area contributed by atoms with E-state index in [4.69, 9.17) is 4.52 Å². The molecule has 2 aromatic rings. The minimum Gasteiger partial charge on any atom is -0.342 e. The molecular formula is C20H27N3O2. The maximum absolute atomic E-state index is 12.5. The fourth-order valence-corrected chi connectivity index (χ4v) is 3.41. The number of hydrogen-bond acceptors (Lipinski definition) is 4. The van der Waals surface area contributed by atoms with Gasteiger partial charge in [0.15, 0.2) is 0 Å². The van der Waals surface area contributed by atoms with Gasteiger partial charge in [0.2, 0.25) is 17.6 Å². The molecule has 0 bridgehead atoms. The number of amides is 1. The fraction of sp³-hybridized carbons (Fsp3) is 0.550. The van der Waals surface area contributed by atoms with E-state index in [2.05, 4.69) is 10.1 Å². The molecule has 1 aromatic heterocycles. The number of hydrogen-bond donors (Lipinski definition) is 0. The highest BCUT2D eigenvalue weighted by Crippen LogP contribution is 2.26. The molecule has 1 amide bonds. The van der Waals surface area contributed by atoms with Crippen molar-refractivity contribution in [2.75, 3.05) is 13.1 Å². The Morgan fingerprint density at radius 2 is 2.08 bits per heavy atom. The van der Waals surface area contributed by atoms with E-state index in [0.29, 0.717) is 17.6 Å². The third kappa shape index (κ3) is 4.09. The average Bonchev–Trinajstić information content (AvgIpc) is 3.02. The zero-order chi connectivity index (χ0) is 18.0. The van der Waals surface area contributed by atoms with Gasteiger partial charge in [-0.1, -0.05) is 50.2 Å². The van der Waals surface area contributed by atoms with Crippen LogP contribution in [0.4, 0.5) is 0 Å². The number of aromatic nitrogens is 2. The van der Waals surface area contributed by atoms with Crippen molar-refractivity contribution in [2.24, 2.45) is 11.3 Å². The molecule has 1 aliphatic heterocycles. The third-order valence-electron chi connectivity index (χ3n) is 4.77.